The first kappa shape index (κ1) is 51.8. The zero-order valence-electron chi connectivity index (χ0n) is 41.1. The molecular formula is C63H65Cl2N3O2S2. The van der Waals surface area contributed by atoms with Crippen molar-refractivity contribution in [3.63, 3.8) is 0 Å². The molecule has 9 rings (SSSR count). The first-order valence-corrected chi connectivity index (χ1v) is 28.4. The van der Waals surface area contributed by atoms with Crippen LogP contribution in [0.4, 0.5) is 0 Å². The fraction of sp³-hybridized carbons (Fsp3) is 0.302. The highest BCUT2D eigenvalue weighted by Crippen LogP contribution is 2.51. The number of ketones is 1. The van der Waals surface area contributed by atoms with Crippen molar-refractivity contribution in [2.24, 2.45) is 5.92 Å². The predicted octanol–water partition coefficient (Wildman–Crippen LogP) is 14.2. The minimum Gasteiger partial charge on any atom is -0.354 e. The lowest BCUT2D eigenvalue weighted by Crippen LogP contribution is -2.51. The van der Waals surface area contributed by atoms with Crippen LogP contribution in [0.15, 0.2) is 200 Å². The molecule has 7 aromatic rings. The number of halogens is 2. The quantitative estimate of drug-likeness (QED) is 0.0509. The molecule has 0 saturated carbocycles. The summed E-state index contributed by atoms with van der Waals surface area (Å²) in [6.07, 6.45) is 4.42. The highest BCUT2D eigenvalue weighted by Gasteiger charge is 2.49. The van der Waals surface area contributed by atoms with E-state index in [-0.39, 0.29) is 23.8 Å². The molecule has 4 atom stereocenters. The second-order valence-electron chi connectivity index (χ2n) is 19.1. The lowest BCUT2D eigenvalue weighted by molar-refractivity contribution is -0.127. The van der Waals surface area contributed by atoms with Crippen molar-refractivity contribution in [3.05, 3.63) is 249 Å². The van der Waals surface area contributed by atoms with Crippen molar-refractivity contribution in [3.8, 4) is 0 Å². The molecule has 5 nitrogen and oxygen atoms in total. The average Bonchev–Trinajstić information content (AvgIpc) is 3.71. The molecule has 2 saturated heterocycles. The Labute approximate surface area is 446 Å². The molecule has 2 aliphatic heterocycles. The van der Waals surface area contributed by atoms with Gasteiger partial charge >= 0.3 is 0 Å². The Kier molecular flexibility index (Phi) is 17.8. The van der Waals surface area contributed by atoms with Gasteiger partial charge in [-0.25, -0.2) is 0 Å². The summed E-state index contributed by atoms with van der Waals surface area (Å²) < 4.78 is -0.923. The Bertz CT molecular complexity index is 2620. The van der Waals surface area contributed by atoms with Crippen molar-refractivity contribution >= 4 is 58.4 Å². The molecule has 1 amide bonds. The summed E-state index contributed by atoms with van der Waals surface area (Å²) in [5.41, 5.74) is 8.41. The minimum atomic E-state index is -0.462. The van der Waals surface area contributed by atoms with Crippen LogP contribution in [0.3, 0.4) is 0 Å². The van der Waals surface area contributed by atoms with E-state index in [0.717, 1.165) is 56.6 Å². The maximum Gasteiger partial charge on any atom is 0.234 e. The number of thioether (sulfide) groups is 2. The van der Waals surface area contributed by atoms with Crippen molar-refractivity contribution in [2.75, 3.05) is 44.2 Å². The zero-order valence-corrected chi connectivity index (χ0v) is 44.3. The fourth-order valence-electron chi connectivity index (χ4n) is 11.7. The van der Waals surface area contributed by atoms with Gasteiger partial charge in [0.05, 0.1) is 26.1 Å². The van der Waals surface area contributed by atoms with E-state index in [2.05, 4.69) is 203 Å². The van der Waals surface area contributed by atoms with Crippen LogP contribution in [0.2, 0.25) is 10.0 Å². The van der Waals surface area contributed by atoms with Crippen LogP contribution in [-0.2, 0) is 19.1 Å². The van der Waals surface area contributed by atoms with Crippen LogP contribution in [-0.4, -0.2) is 77.8 Å². The summed E-state index contributed by atoms with van der Waals surface area (Å²) >= 11 is 16.7. The number of hydrogen-bond acceptors (Lipinski definition) is 6. The second kappa shape index (κ2) is 24.7. The molecule has 9 heteroatoms. The number of carbonyl (C=O) groups excluding carboxylic acids is 2. The molecule has 1 N–H and O–H groups in total. The van der Waals surface area contributed by atoms with Gasteiger partial charge in [-0.05, 0) is 95.8 Å². The van der Waals surface area contributed by atoms with Gasteiger partial charge in [0.25, 0.3) is 0 Å². The van der Waals surface area contributed by atoms with Gasteiger partial charge in [-0.1, -0.05) is 218 Å². The van der Waals surface area contributed by atoms with Crippen molar-refractivity contribution in [2.45, 2.75) is 66.5 Å². The highest BCUT2D eigenvalue weighted by atomic mass is 35.5. The van der Waals surface area contributed by atoms with Crippen molar-refractivity contribution < 1.29 is 9.59 Å². The Morgan fingerprint density at radius 2 is 1.06 bits per heavy atom. The van der Waals surface area contributed by atoms with Crippen molar-refractivity contribution in [1.82, 2.24) is 15.1 Å². The summed E-state index contributed by atoms with van der Waals surface area (Å²) in [4.78, 5) is 33.2. The topological polar surface area (TPSA) is 52.7 Å². The van der Waals surface area contributed by atoms with Crippen LogP contribution >= 0.6 is 46.7 Å². The minimum absolute atomic E-state index is 0.0295. The summed E-state index contributed by atoms with van der Waals surface area (Å²) in [5.74, 6) is 1.89. The highest BCUT2D eigenvalue weighted by molar-refractivity contribution is 8.00. The van der Waals surface area contributed by atoms with E-state index < -0.39 is 9.49 Å². The van der Waals surface area contributed by atoms with Gasteiger partial charge in [0, 0.05) is 49.0 Å². The molecule has 370 valence electrons. The van der Waals surface area contributed by atoms with Crippen molar-refractivity contribution in [1.29, 1.82) is 0 Å². The molecule has 0 spiro atoms. The van der Waals surface area contributed by atoms with Gasteiger partial charge < -0.3 is 5.32 Å². The zero-order chi connectivity index (χ0) is 49.8. The van der Waals surface area contributed by atoms with Gasteiger partial charge in [-0.3, -0.25) is 19.4 Å². The number of amides is 1. The van der Waals surface area contributed by atoms with E-state index in [0.29, 0.717) is 47.1 Å². The monoisotopic (exact) mass is 1030 g/mol. The van der Waals surface area contributed by atoms with Gasteiger partial charge in [0.2, 0.25) is 5.91 Å². The predicted molar refractivity (Wildman–Crippen MR) is 304 cm³/mol. The molecule has 0 aliphatic carbocycles. The van der Waals surface area contributed by atoms with Gasteiger partial charge in [0.15, 0.2) is 0 Å². The number of piperidine rings is 1. The molecule has 0 aromatic heterocycles. The normalized spacial score (nSPS) is 18.0. The molecule has 0 radical (unpaired) electrons. The summed E-state index contributed by atoms with van der Waals surface area (Å²) in [5, 5.41) is 4.45. The number of carbonyl (C=O) groups is 2. The number of rotatable bonds is 23. The summed E-state index contributed by atoms with van der Waals surface area (Å²) in [6, 6.07) is 71.2. The Hall–Kier alpha value is -5.12. The number of benzene rings is 7. The molecule has 72 heavy (non-hydrogen) atoms. The lowest BCUT2D eigenvalue weighted by atomic mass is 9.73. The first-order chi connectivity index (χ1) is 35.3. The molecule has 2 bridgehead atoms. The smallest absolute Gasteiger partial charge is 0.234 e. The van der Waals surface area contributed by atoms with Crippen LogP contribution in [0.5, 0.6) is 0 Å². The SMILES string of the molecule is CCC(=O)[C@H]1[C@@H](c2ccc(Cl)c(Cl)c2)CC2CC[C@H]1N2CCCN(CCSC(c1ccccc1)(c1ccccc1)c1ccccc1)CC(=O)NCCSC(c1ccccc1)(c1ccccc1)c1ccccc1. The van der Waals surface area contributed by atoms with Gasteiger partial charge in [-0.15, -0.1) is 23.5 Å². The second-order valence-corrected chi connectivity index (χ2v) is 22.6. The maximum atomic E-state index is 14.3. The van der Waals surface area contributed by atoms with E-state index in [1.807, 2.05) is 42.6 Å². The van der Waals surface area contributed by atoms with Crippen LogP contribution in [0.25, 0.3) is 0 Å². The Morgan fingerprint density at radius 1 is 0.597 bits per heavy atom. The molecular weight excluding hydrogens is 966 g/mol. The van der Waals surface area contributed by atoms with E-state index in [9.17, 15) is 9.59 Å². The number of nitrogens with zero attached hydrogens (tertiary/aromatic N) is 2. The van der Waals surface area contributed by atoms with E-state index in [4.69, 9.17) is 23.2 Å². The Morgan fingerprint density at radius 3 is 1.50 bits per heavy atom. The first-order valence-electron chi connectivity index (χ1n) is 25.7. The average molecular weight is 1030 g/mol. The number of Topliss-reactive ketones (excluding diaryl/α,β-unsaturated/α-hetero) is 1. The lowest BCUT2D eigenvalue weighted by Gasteiger charge is -2.44. The van der Waals surface area contributed by atoms with E-state index >= 15 is 0 Å². The number of nitrogens with one attached hydrogen (secondary N) is 1. The molecule has 2 aliphatic rings. The third kappa shape index (κ3) is 11.5. The standard InChI is InChI=1S/C63H65Cl2N3O2S2/c1-2-59(69)61-55(47-34-36-56(64)57(65)44-47)45-54-35-37-58(61)68(54)40-21-39-67(41-43-72-63(51-28-15-6-16-29-51,52-30-17-7-18-31-52)53-32-19-8-20-33-53)46-60(70)66-38-42-71-62(48-22-9-3-10-23-48,49-24-11-4-12-25-49)50-26-13-5-14-27-50/h3-20,22-34,36,44,54-55,58,61H,2,21,35,37-43,45-46H2,1H3,(H,66,70)/t54?,55-,58-,61+/m1/s1. The van der Waals surface area contributed by atoms with Gasteiger partial charge in [-0.2, -0.15) is 0 Å². The summed E-state index contributed by atoms with van der Waals surface area (Å²) in [6.45, 7) is 5.18. The third-order valence-corrected chi connectivity index (χ3v) is 18.8. The fourth-order valence-corrected chi connectivity index (χ4v) is 15.0. The third-order valence-electron chi connectivity index (χ3n) is 15.0. The van der Waals surface area contributed by atoms with Crippen LogP contribution < -0.4 is 5.32 Å². The largest absolute Gasteiger partial charge is 0.354 e. The van der Waals surface area contributed by atoms with E-state index in [1.165, 1.54) is 33.4 Å². The van der Waals surface area contributed by atoms with Gasteiger partial charge in [0.1, 0.15) is 5.78 Å². The molecule has 2 heterocycles. The molecule has 2 fully saturated rings. The van der Waals surface area contributed by atoms with Crippen LogP contribution in [0.1, 0.15) is 83.9 Å². The number of hydrogen-bond donors (Lipinski definition) is 1. The van der Waals surface area contributed by atoms with E-state index in [1.54, 1.807) is 0 Å². The molecule has 1 unspecified atom stereocenters. The maximum absolute atomic E-state index is 14.3. The molecule has 7 aromatic carbocycles. The number of fused-ring (bicyclic) bond motifs is 2. The van der Waals surface area contributed by atoms with Crippen LogP contribution in [0, 0.1) is 5.92 Å². The Balaban J connectivity index is 0.936. The summed E-state index contributed by atoms with van der Waals surface area (Å²) in [7, 11) is 0.